The first kappa shape index (κ1) is 17.4. The van der Waals surface area contributed by atoms with Crippen LogP contribution in [0.4, 0.5) is 5.82 Å². The fraction of sp³-hybridized carbons (Fsp3) is 0.318. The highest BCUT2D eigenvalue weighted by atomic mass is 15.2. The molecule has 3 nitrogen and oxygen atoms in total. The topological polar surface area (TPSA) is 28.2 Å². The number of fused-ring (bicyclic) bond motifs is 1. The molecule has 0 aliphatic carbocycles. The summed E-state index contributed by atoms with van der Waals surface area (Å²) in [5.41, 5.74) is 3.70. The Morgan fingerprint density at radius 1 is 0.960 bits per heavy atom. The lowest BCUT2D eigenvalue weighted by atomic mass is 10.1. The van der Waals surface area contributed by atoms with E-state index in [2.05, 4.69) is 84.7 Å². The molecule has 0 saturated heterocycles. The van der Waals surface area contributed by atoms with Gasteiger partial charge in [-0.2, -0.15) is 0 Å². The van der Waals surface area contributed by atoms with Crippen molar-refractivity contribution >= 4 is 16.7 Å². The second kappa shape index (κ2) is 8.63. The molecule has 2 aromatic carbocycles. The maximum absolute atomic E-state index is 4.93. The van der Waals surface area contributed by atoms with Crippen LogP contribution >= 0.6 is 0 Å². The SMILES string of the molecule is CCCNCc1cc(N(CC)Cc2ccccc2)nc2ccccc12. The van der Waals surface area contributed by atoms with Crippen LogP contribution in [-0.2, 0) is 13.1 Å². The van der Waals surface area contributed by atoms with E-state index in [0.29, 0.717) is 0 Å². The van der Waals surface area contributed by atoms with Crippen molar-refractivity contribution in [2.45, 2.75) is 33.4 Å². The van der Waals surface area contributed by atoms with Crippen LogP contribution < -0.4 is 10.2 Å². The third kappa shape index (κ3) is 4.37. The molecular weight excluding hydrogens is 306 g/mol. The highest BCUT2D eigenvalue weighted by molar-refractivity contribution is 5.84. The molecule has 1 heterocycles. The van der Waals surface area contributed by atoms with Gasteiger partial charge < -0.3 is 10.2 Å². The summed E-state index contributed by atoms with van der Waals surface area (Å²) in [6, 6.07) is 21.3. The molecule has 1 N–H and O–H groups in total. The summed E-state index contributed by atoms with van der Waals surface area (Å²) >= 11 is 0. The summed E-state index contributed by atoms with van der Waals surface area (Å²) in [5.74, 6) is 1.05. The van der Waals surface area contributed by atoms with Crippen LogP contribution in [-0.4, -0.2) is 18.1 Å². The maximum atomic E-state index is 4.93. The lowest BCUT2D eigenvalue weighted by Crippen LogP contribution is -2.23. The Labute approximate surface area is 150 Å². The maximum Gasteiger partial charge on any atom is 0.129 e. The van der Waals surface area contributed by atoms with Crippen molar-refractivity contribution in [3.8, 4) is 0 Å². The summed E-state index contributed by atoms with van der Waals surface area (Å²) in [4.78, 5) is 7.27. The predicted octanol–water partition coefficient (Wildman–Crippen LogP) is 4.76. The molecule has 3 aromatic rings. The van der Waals surface area contributed by atoms with Crippen LogP contribution in [0, 0.1) is 0 Å². The lowest BCUT2D eigenvalue weighted by molar-refractivity contribution is 0.677. The van der Waals surface area contributed by atoms with Crippen LogP contribution in [0.15, 0.2) is 60.7 Å². The Morgan fingerprint density at radius 3 is 2.48 bits per heavy atom. The van der Waals surface area contributed by atoms with Crippen molar-refractivity contribution < 1.29 is 0 Å². The van der Waals surface area contributed by atoms with Crippen molar-refractivity contribution in [2.24, 2.45) is 0 Å². The minimum atomic E-state index is 0.879. The summed E-state index contributed by atoms with van der Waals surface area (Å²) in [6.07, 6.45) is 1.14. The minimum Gasteiger partial charge on any atom is -0.353 e. The number of anilines is 1. The van der Waals surface area contributed by atoms with Gasteiger partial charge in [0.15, 0.2) is 0 Å². The van der Waals surface area contributed by atoms with Crippen molar-refractivity contribution in [3.05, 3.63) is 71.8 Å². The van der Waals surface area contributed by atoms with Crippen LogP contribution in [0.5, 0.6) is 0 Å². The Bertz CT molecular complexity index is 799. The first-order valence-corrected chi connectivity index (χ1v) is 9.20. The monoisotopic (exact) mass is 333 g/mol. The van der Waals surface area contributed by atoms with E-state index in [1.54, 1.807) is 0 Å². The Kier molecular flexibility index (Phi) is 6.02. The smallest absolute Gasteiger partial charge is 0.129 e. The van der Waals surface area contributed by atoms with Gasteiger partial charge >= 0.3 is 0 Å². The number of pyridine rings is 1. The Hall–Kier alpha value is -2.39. The van der Waals surface area contributed by atoms with Gasteiger partial charge in [-0.3, -0.25) is 0 Å². The van der Waals surface area contributed by atoms with Crippen LogP contribution in [0.25, 0.3) is 10.9 Å². The first-order chi connectivity index (χ1) is 12.3. The van der Waals surface area contributed by atoms with E-state index in [9.17, 15) is 0 Å². The van der Waals surface area contributed by atoms with Crippen molar-refractivity contribution in [1.82, 2.24) is 10.3 Å². The van der Waals surface area contributed by atoms with Crippen molar-refractivity contribution in [1.29, 1.82) is 0 Å². The molecular formula is C22H27N3. The Morgan fingerprint density at radius 2 is 1.72 bits per heavy atom. The third-order valence-electron chi connectivity index (χ3n) is 4.45. The third-order valence-corrected chi connectivity index (χ3v) is 4.45. The van der Waals surface area contributed by atoms with Crippen molar-refractivity contribution in [3.63, 3.8) is 0 Å². The van der Waals surface area contributed by atoms with E-state index >= 15 is 0 Å². The molecule has 0 aliphatic rings. The first-order valence-electron chi connectivity index (χ1n) is 9.20. The molecule has 1 aromatic heterocycles. The number of nitrogens with one attached hydrogen (secondary N) is 1. The van der Waals surface area contributed by atoms with Crippen LogP contribution in [0.1, 0.15) is 31.4 Å². The van der Waals surface area contributed by atoms with Gasteiger partial charge in [0.2, 0.25) is 0 Å². The average Bonchev–Trinajstić information content (AvgIpc) is 2.67. The van der Waals surface area contributed by atoms with E-state index in [-0.39, 0.29) is 0 Å². The fourth-order valence-electron chi connectivity index (χ4n) is 3.10. The predicted molar refractivity (Wildman–Crippen MR) is 107 cm³/mol. The van der Waals surface area contributed by atoms with E-state index in [1.165, 1.54) is 16.5 Å². The van der Waals surface area contributed by atoms with Crippen LogP contribution in [0.3, 0.4) is 0 Å². The summed E-state index contributed by atoms with van der Waals surface area (Å²) < 4.78 is 0. The number of hydrogen-bond acceptors (Lipinski definition) is 3. The molecule has 0 aliphatic heterocycles. The molecule has 0 amide bonds. The number of aromatic nitrogens is 1. The van der Waals surface area contributed by atoms with Gasteiger partial charge in [0, 0.05) is 25.0 Å². The molecule has 0 bridgehead atoms. The number of rotatable bonds is 8. The van der Waals surface area contributed by atoms with Gasteiger partial charge in [0.25, 0.3) is 0 Å². The molecule has 25 heavy (non-hydrogen) atoms. The second-order valence-electron chi connectivity index (χ2n) is 6.33. The zero-order chi connectivity index (χ0) is 17.5. The zero-order valence-electron chi connectivity index (χ0n) is 15.2. The summed E-state index contributed by atoms with van der Waals surface area (Å²) in [6.45, 7) is 8.11. The number of benzene rings is 2. The Balaban J connectivity index is 1.93. The van der Waals surface area contributed by atoms with E-state index < -0.39 is 0 Å². The minimum absolute atomic E-state index is 0.879. The van der Waals surface area contributed by atoms with Gasteiger partial charge in [-0.15, -0.1) is 0 Å². The molecule has 0 spiro atoms. The molecule has 0 saturated carbocycles. The molecule has 3 heteroatoms. The fourth-order valence-corrected chi connectivity index (χ4v) is 3.10. The summed E-state index contributed by atoms with van der Waals surface area (Å²) in [7, 11) is 0. The summed E-state index contributed by atoms with van der Waals surface area (Å²) in [5, 5.41) is 4.77. The number of hydrogen-bond donors (Lipinski definition) is 1. The van der Waals surface area contributed by atoms with Gasteiger partial charge in [-0.1, -0.05) is 55.5 Å². The lowest BCUT2D eigenvalue weighted by Gasteiger charge is -2.23. The van der Waals surface area contributed by atoms with Crippen LogP contribution in [0.2, 0.25) is 0 Å². The van der Waals surface area contributed by atoms with E-state index in [0.717, 1.165) is 43.9 Å². The normalized spacial score (nSPS) is 11.0. The standard InChI is InChI=1S/C22H27N3/c1-3-14-23-16-19-15-22(24-21-13-9-8-12-20(19)21)25(4-2)17-18-10-6-5-7-11-18/h5-13,15,23H,3-4,14,16-17H2,1-2H3. The van der Waals surface area contributed by atoms with E-state index in [4.69, 9.17) is 4.98 Å². The average molecular weight is 333 g/mol. The second-order valence-corrected chi connectivity index (χ2v) is 6.33. The highest BCUT2D eigenvalue weighted by Crippen LogP contribution is 2.24. The van der Waals surface area contributed by atoms with Gasteiger partial charge in [-0.05, 0) is 43.1 Å². The van der Waals surface area contributed by atoms with Crippen molar-refractivity contribution in [2.75, 3.05) is 18.0 Å². The number of nitrogens with zero attached hydrogens (tertiary/aromatic N) is 2. The van der Waals surface area contributed by atoms with Gasteiger partial charge in [-0.25, -0.2) is 4.98 Å². The largest absolute Gasteiger partial charge is 0.353 e. The molecule has 0 fully saturated rings. The number of para-hydroxylation sites is 1. The molecule has 0 atom stereocenters. The molecule has 0 radical (unpaired) electrons. The quantitative estimate of drug-likeness (QED) is 0.602. The molecule has 130 valence electrons. The highest BCUT2D eigenvalue weighted by Gasteiger charge is 2.11. The zero-order valence-corrected chi connectivity index (χ0v) is 15.2. The molecule has 3 rings (SSSR count). The van der Waals surface area contributed by atoms with E-state index in [1.807, 2.05) is 0 Å². The van der Waals surface area contributed by atoms with Gasteiger partial charge in [0.05, 0.1) is 5.52 Å². The molecule has 0 unspecified atom stereocenters. The van der Waals surface area contributed by atoms with Gasteiger partial charge in [0.1, 0.15) is 5.82 Å².